The molecule has 1 aliphatic rings. The van der Waals surface area contributed by atoms with E-state index in [1.807, 2.05) is 13.8 Å². The highest BCUT2D eigenvalue weighted by molar-refractivity contribution is 5.81. The van der Waals surface area contributed by atoms with Crippen molar-refractivity contribution in [3.05, 3.63) is 0 Å². The lowest BCUT2D eigenvalue weighted by Gasteiger charge is -2.25. The van der Waals surface area contributed by atoms with Crippen molar-refractivity contribution < 1.29 is 23.8 Å². The second-order valence-corrected chi connectivity index (χ2v) is 6.29. The molecule has 1 amide bonds. The van der Waals surface area contributed by atoms with Crippen LogP contribution in [0.25, 0.3) is 0 Å². The molecule has 0 aromatic rings. The van der Waals surface area contributed by atoms with Crippen molar-refractivity contribution in [3.63, 3.8) is 0 Å². The highest BCUT2D eigenvalue weighted by Gasteiger charge is 2.30. The fourth-order valence-electron chi connectivity index (χ4n) is 1.78. The number of hydrogen-bond donors (Lipinski definition) is 1. The predicted molar refractivity (Wildman–Crippen MR) is 73.3 cm³/mol. The highest BCUT2D eigenvalue weighted by atomic mass is 16.6. The minimum absolute atomic E-state index is 0.0858. The Morgan fingerprint density at radius 3 is 2.40 bits per heavy atom. The maximum absolute atomic E-state index is 12.1. The van der Waals surface area contributed by atoms with Crippen molar-refractivity contribution in [2.45, 2.75) is 58.8 Å². The van der Waals surface area contributed by atoms with E-state index < -0.39 is 23.7 Å². The fraction of sp³-hybridized carbons (Fsp3) is 0.857. The van der Waals surface area contributed by atoms with E-state index in [2.05, 4.69) is 5.32 Å². The summed E-state index contributed by atoms with van der Waals surface area (Å²) < 4.78 is 15.6. The second kappa shape index (κ2) is 6.92. The summed E-state index contributed by atoms with van der Waals surface area (Å²) in [5.41, 5.74) is -0.602. The van der Waals surface area contributed by atoms with Crippen molar-refractivity contribution in [2.75, 3.05) is 13.2 Å². The summed E-state index contributed by atoms with van der Waals surface area (Å²) in [6, 6.07) is -0.717. The second-order valence-electron chi connectivity index (χ2n) is 6.29. The lowest BCUT2D eigenvalue weighted by Crippen LogP contribution is -2.48. The predicted octanol–water partition coefficient (Wildman–Crippen LogP) is 1.87. The molecule has 0 aliphatic carbocycles. The van der Waals surface area contributed by atoms with E-state index in [4.69, 9.17) is 14.2 Å². The molecule has 0 bridgehead atoms. The first-order chi connectivity index (χ1) is 9.19. The fourth-order valence-corrected chi connectivity index (χ4v) is 1.78. The molecule has 0 aromatic heterocycles. The highest BCUT2D eigenvalue weighted by Crippen LogP contribution is 2.13. The maximum atomic E-state index is 12.1. The van der Waals surface area contributed by atoms with Crippen molar-refractivity contribution in [3.8, 4) is 0 Å². The zero-order chi connectivity index (χ0) is 15.3. The van der Waals surface area contributed by atoms with E-state index in [-0.39, 0.29) is 12.0 Å². The Morgan fingerprint density at radius 1 is 1.30 bits per heavy atom. The van der Waals surface area contributed by atoms with Crippen molar-refractivity contribution in [2.24, 2.45) is 5.92 Å². The van der Waals surface area contributed by atoms with Gasteiger partial charge >= 0.3 is 12.1 Å². The molecule has 0 saturated carbocycles. The standard InChI is InChI=1S/C14H25NO5/c1-9(2)11(15-13(17)20-14(3,4)5)12(16)19-10-6-7-18-8-10/h9-11H,6-8H2,1-5H3,(H,15,17)/t10-,11?/m0/s1. The van der Waals surface area contributed by atoms with Gasteiger partial charge in [-0.2, -0.15) is 0 Å². The summed E-state index contributed by atoms with van der Waals surface area (Å²) in [7, 11) is 0. The number of rotatable bonds is 4. The summed E-state index contributed by atoms with van der Waals surface area (Å²) in [6.07, 6.45) is -0.136. The third kappa shape index (κ3) is 5.77. The molecule has 1 aliphatic heterocycles. The van der Waals surface area contributed by atoms with Crippen LogP contribution >= 0.6 is 0 Å². The van der Waals surface area contributed by atoms with Crippen molar-refractivity contribution in [1.29, 1.82) is 0 Å². The van der Waals surface area contributed by atoms with Crippen LogP contribution in [0.5, 0.6) is 0 Å². The minimum Gasteiger partial charge on any atom is -0.458 e. The number of ether oxygens (including phenoxy) is 3. The Morgan fingerprint density at radius 2 is 1.95 bits per heavy atom. The van der Waals surface area contributed by atoms with Crippen LogP contribution in [-0.2, 0) is 19.0 Å². The molecule has 20 heavy (non-hydrogen) atoms. The average Bonchev–Trinajstić information content (AvgIpc) is 2.75. The Labute approximate surface area is 120 Å². The molecule has 1 saturated heterocycles. The van der Waals surface area contributed by atoms with Gasteiger partial charge in [0.05, 0.1) is 13.2 Å². The van der Waals surface area contributed by atoms with E-state index >= 15 is 0 Å². The first kappa shape index (κ1) is 16.8. The van der Waals surface area contributed by atoms with Gasteiger partial charge in [-0.15, -0.1) is 0 Å². The van der Waals surface area contributed by atoms with Gasteiger partial charge in [0.2, 0.25) is 0 Å². The molecule has 1 heterocycles. The molecule has 0 aromatic carbocycles. The van der Waals surface area contributed by atoms with Crippen LogP contribution in [0.2, 0.25) is 0 Å². The molecule has 2 atom stereocenters. The third-order valence-corrected chi connectivity index (χ3v) is 2.76. The van der Waals surface area contributed by atoms with Crippen LogP contribution in [-0.4, -0.2) is 43.0 Å². The molecule has 1 fully saturated rings. The summed E-state index contributed by atoms with van der Waals surface area (Å²) in [5.74, 6) is -0.529. The van der Waals surface area contributed by atoms with Crippen LogP contribution in [0.4, 0.5) is 4.79 Å². The maximum Gasteiger partial charge on any atom is 0.408 e. The zero-order valence-electron chi connectivity index (χ0n) is 12.9. The van der Waals surface area contributed by atoms with Gasteiger partial charge in [0.15, 0.2) is 0 Å². The van der Waals surface area contributed by atoms with E-state index in [9.17, 15) is 9.59 Å². The zero-order valence-corrected chi connectivity index (χ0v) is 12.9. The Bertz CT molecular complexity index is 342. The third-order valence-electron chi connectivity index (χ3n) is 2.76. The van der Waals surface area contributed by atoms with Gasteiger partial charge in [0.25, 0.3) is 0 Å². The van der Waals surface area contributed by atoms with Crippen LogP contribution < -0.4 is 5.32 Å². The van der Waals surface area contributed by atoms with Gasteiger partial charge in [-0.3, -0.25) is 0 Å². The summed E-state index contributed by atoms with van der Waals surface area (Å²) in [5, 5.41) is 2.57. The largest absolute Gasteiger partial charge is 0.458 e. The van der Waals surface area contributed by atoms with Crippen LogP contribution in [0.15, 0.2) is 0 Å². The molecule has 1 unspecified atom stereocenters. The average molecular weight is 287 g/mol. The number of hydrogen-bond acceptors (Lipinski definition) is 5. The Balaban J connectivity index is 2.54. The van der Waals surface area contributed by atoms with Gasteiger partial charge in [-0.05, 0) is 26.7 Å². The number of amides is 1. The van der Waals surface area contributed by atoms with Crippen molar-refractivity contribution >= 4 is 12.1 Å². The molecule has 1 N–H and O–H groups in total. The SMILES string of the molecule is CC(C)C(NC(=O)OC(C)(C)C)C(=O)O[C@H]1CCOC1. The van der Waals surface area contributed by atoms with E-state index in [0.29, 0.717) is 19.6 Å². The molecule has 1 rings (SSSR count). The van der Waals surface area contributed by atoms with Crippen LogP contribution in [0.3, 0.4) is 0 Å². The summed E-state index contributed by atoms with van der Waals surface area (Å²) in [6.45, 7) is 10.0. The molecule has 6 heteroatoms. The Hall–Kier alpha value is -1.30. The van der Waals surface area contributed by atoms with Crippen LogP contribution in [0, 0.1) is 5.92 Å². The number of carbonyl (C=O) groups is 2. The van der Waals surface area contributed by atoms with Crippen molar-refractivity contribution in [1.82, 2.24) is 5.32 Å². The van der Waals surface area contributed by atoms with E-state index in [1.54, 1.807) is 20.8 Å². The molecule has 116 valence electrons. The van der Waals surface area contributed by atoms with Gasteiger partial charge in [0, 0.05) is 6.42 Å². The molecular weight excluding hydrogens is 262 g/mol. The summed E-state index contributed by atoms with van der Waals surface area (Å²) >= 11 is 0. The Kier molecular flexibility index (Phi) is 5.80. The van der Waals surface area contributed by atoms with Crippen LogP contribution in [0.1, 0.15) is 41.0 Å². The normalized spacial score (nSPS) is 20.6. The number of nitrogens with one attached hydrogen (secondary N) is 1. The van der Waals surface area contributed by atoms with Gasteiger partial charge in [-0.1, -0.05) is 13.8 Å². The number of esters is 1. The smallest absolute Gasteiger partial charge is 0.408 e. The first-order valence-electron chi connectivity index (χ1n) is 6.97. The topological polar surface area (TPSA) is 73.9 Å². The molecular formula is C14H25NO5. The summed E-state index contributed by atoms with van der Waals surface area (Å²) in [4.78, 5) is 23.8. The molecule has 0 radical (unpaired) electrons. The van der Waals surface area contributed by atoms with E-state index in [1.165, 1.54) is 0 Å². The van der Waals surface area contributed by atoms with Gasteiger partial charge < -0.3 is 19.5 Å². The van der Waals surface area contributed by atoms with E-state index in [0.717, 1.165) is 0 Å². The minimum atomic E-state index is -0.717. The number of carbonyl (C=O) groups excluding carboxylic acids is 2. The first-order valence-corrected chi connectivity index (χ1v) is 6.97. The monoisotopic (exact) mass is 287 g/mol. The number of alkyl carbamates (subject to hydrolysis) is 1. The van der Waals surface area contributed by atoms with Gasteiger partial charge in [0.1, 0.15) is 17.7 Å². The molecule has 0 spiro atoms. The molecule has 6 nitrogen and oxygen atoms in total. The lowest BCUT2D eigenvalue weighted by molar-refractivity contribution is -0.152. The quantitative estimate of drug-likeness (QED) is 0.799. The van der Waals surface area contributed by atoms with Gasteiger partial charge in [-0.25, -0.2) is 9.59 Å². The lowest BCUT2D eigenvalue weighted by atomic mass is 10.0.